The van der Waals surface area contributed by atoms with Gasteiger partial charge in [-0.15, -0.1) is 0 Å². The molecule has 1 amide bonds. The van der Waals surface area contributed by atoms with Gasteiger partial charge in [-0.3, -0.25) is 9.59 Å². The number of hydrogen-bond donors (Lipinski definition) is 0. The Morgan fingerprint density at radius 2 is 1.94 bits per heavy atom. The van der Waals surface area contributed by atoms with Crippen LogP contribution < -0.4 is 0 Å². The summed E-state index contributed by atoms with van der Waals surface area (Å²) in [6.45, 7) is 5.81. The summed E-state index contributed by atoms with van der Waals surface area (Å²) in [4.78, 5) is 28.3. The minimum Gasteiger partial charge on any atom is -0.465 e. The molecule has 1 saturated carbocycles. The van der Waals surface area contributed by atoms with Gasteiger partial charge in [0.1, 0.15) is 5.92 Å². The van der Waals surface area contributed by atoms with Crippen LogP contribution in [0.4, 0.5) is 0 Å². The molecule has 2 atom stereocenters. The van der Waals surface area contributed by atoms with Gasteiger partial charge < -0.3 is 14.2 Å². The van der Waals surface area contributed by atoms with Crippen molar-refractivity contribution < 1.29 is 14.3 Å². The van der Waals surface area contributed by atoms with Gasteiger partial charge in [0.2, 0.25) is 5.91 Å². The molecule has 33 heavy (non-hydrogen) atoms. The second-order valence-electron chi connectivity index (χ2n) is 9.41. The Balaban J connectivity index is 1.50. The number of likely N-dealkylation sites (tertiary alicyclic amines) is 1. The van der Waals surface area contributed by atoms with Crippen molar-refractivity contribution >= 4 is 22.8 Å². The molecule has 1 aliphatic heterocycles. The van der Waals surface area contributed by atoms with Gasteiger partial charge in [0.25, 0.3) is 0 Å². The molecule has 6 nitrogen and oxygen atoms in total. The van der Waals surface area contributed by atoms with Gasteiger partial charge in [0.05, 0.1) is 18.2 Å². The summed E-state index contributed by atoms with van der Waals surface area (Å²) in [5.74, 6) is -0.869. The Kier molecular flexibility index (Phi) is 7.37. The summed E-state index contributed by atoms with van der Waals surface area (Å²) < 4.78 is 7.61. The minimum absolute atomic E-state index is 0.0162. The minimum atomic E-state index is -0.639. The van der Waals surface area contributed by atoms with E-state index in [1.165, 1.54) is 5.69 Å². The van der Waals surface area contributed by atoms with Crippen LogP contribution in [0, 0.1) is 23.2 Å². The van der Waals surface area contributed by atoms with Gasteiger partial charge >= 0.3 is 5.97 Å². The van der Waals surface area contributed by atoms with Crippen molar-refractivity contribution in [3.8, 4) is 6.07 Å². The molecule has 1 aromatic carbocycles. The molecular weight excluding hydrogens is 414 g/mol. The van der Waals surface area contributed by atoms with Crippen molar-refractivity contribution in [3.63, 3.8) is 0 Å². The van der Waals surface area contributed by atoms with Gasteiger partial charge in [-0.1, -0.05) is 18.9 Å². The van der Waals surface area contributed by atoms with Crippen molar-refractivity contribution in [1.82, 2.24) is 9.47 Å². The highest BCUT2D eigenvalue weighted by molar-refractivity contribution is 5.98. The maximum atomic E-state index is 13.6. The van der Waals surface area contributed by atoms with Crippen LogP contribution in [0.15, 0.2) is 24.3 Å². The fourth-order valence-electron chi connectivity index (χ4n) is 5.90. The summed E-state index contributed by atoms with van der Waals surface area (Å²) >= 11 is 0. The number of amides is 1. The van der Waals surface area contributed by atoms with Crippen LogP contribution in [0.2, 0.25) is 0 Å². The zero-order valence-corrected chi connectivity index (χ0v) is 19.9. The van der Waals surface area contributed by atoms with E-state index in [0.29, 0.717) is 12.2 Å². The number of aryl methyl sites for hydroxylation is 2. The summed E-state index contributed by atoms with van der Waals surface area (Å²) in [5, 5.41) is 10.4. The first kappa shape index (κ1) is 23.4. The normalized spacial score (nSPS) is 19.7. The van der Waals surface area contributed by atoms with E-state index in [0.717, 1.165) is 75.4 Å². The van der Waals surface area contributed by atoms with Gasteiger partial charge in [-0.05, 0) is 81.9 Å². The fourth-order valence-corrected chi connectivity index (χ4v) is 5.90. The lowest BCUT2D eigenvalue weighted by atomic mass is 9.89. The molecule has 0 spiro atoms. The second-order valence-corrected chi connectivity index (χ2v) is 9.41. The number of fused-ring (bicyclic) bond motifs is 1. The highest BCUT2D eigenvalue weighted by Crippen LogP contribution is 2.35. The average molecular weight is 450 g/mol. The van der Waals surface area contributed by atoms with Gasteiger partial charge in [-0.25, -0.2) is 0 Å². The van der Waals surface area contributed by atoms with Crippen molar-refractivity contribution in [1.29, 1.82) is 5.26 Å². The highest BCUT2D eigenvalue weighted by atomic mass is 16.5. The Bertz CT molecular complexity index is 1040. The first-order valence-corrected chi connectivity index (χ1v) is 12.6. The molecule has 2 fully saturated rings. The highest BCUT2D eigenvalue weighted by Gasteiger charge is 2.42. The van der Waals surface area contributed by atoms with Crippen LogP contribution in [-0.2, 0) is 27.3 Å². The molecule has 2 heterocycles. The first-order chi connectivity index (χ1) is 16.1. The van der Waals surface area contributed by atoms with Crippen LogP contribution in [0.5, 0.6) is 0 Å². The van der Waals surface area contributed by atoms with E-state index in [1.54, 1.807) is 6.92 Å². The van der Waals surface area contributed by atoms with E-state index in [-0.39, 0.29) is 23.8 Å². The number of benzene rings is 1. The van der Waals surface area contributed by atoms with E-state index in [2.05, 4.69) is 23.6 Å². The number of hydrogen-bond acceptors (Lipinski definition) is 4. The fraction of sp³-hybridized carbons (Fsp3) is 0.593. The van der Waals surface area contributed by atoms with Gasteiger partial charge in [0, 0.05) is 30.3 Å². The van der Waals surface area contributed by atoms with E-state index >= 15 is 0 Å². The van der Waals surface area contributed by atoms with Gasteiger partial charge in [-0.2, -0.15) is 5.26 Å². The third-order valence-corrected chi connectivity index (χ3v) is 7.51. The Hall–Kier alpha value is -2.81. The lowest BCUT2D eigenvalue weighted by molar-refractivity contribution is -0.158. The first-order valence-electron chi connectivity index (χ1n) is 12.6. The van der Waals surface area contributed by atoms with E-state index in [4.69, 9.17) is 4.74 Å². The molecule has 4 rings (SSSR count). The lowest BCUT2D eigenvalue weighted by Gasteiger charge is -2.30. The number of nitriles is 1. The van der Waals surface area contributed by atoms with Crippen LogP contribution in [0.1, 0.15) is 70.1 Å². The number of esters is 1. The largest absolute Gasteiger partial charge is 0.465 e. The molecule has 6 heteroatoms. The predicted octanol–water partition coefficient (Wildman–Crippen LogP) is 4.83. The SMILES string of the molecule is CCOC(=O)C(C(=O)N1CCCC1CCc1cc2ccc(C#N)cc2n1CC)C1CCCC1. The number of ether oxygens (including phenoxy) is 1. The Labute approximate surface area is 196 Å². The Morgan fingerprint density at radius 3 is 2.64 bits per heavy atom. The van der Waals surface area contributed by atoms with Crippen LogP contribution in [-0.4, -0.2) is 40.5 Å². The second kappa shape index (κ2) is 10.4. The molecule has 1 saturated heterocycles. The average Bonchev–Trinajstić information content (AvgIpc) is 3.57. The molecule has 2 unspecified atom stereocenters. The number of carbonyl (C=O) groups excluding carboxylic acids is 2. The van der Waals surface area contributed by atoms with Crippen molar-refractivity contribution in [3.05, 3.63) is 35.5 Å². The molecule has 1 aromatic heterocycles. The quantitative estimate of drug-likeness (QED) is 0.427. The smallest absolute Gasteiger partial charge is 0.318 e. The van der Waals surface area contributed by atoms with E-state index in [9.17, 15) is 14.9 Å². The number of carbonyl (C=O) groups is 2. The summed E-state index contributed by atoms with van der Waals surface area (Å²) in [6.07, 6.45) is 7.78. The predicted molar refractivity (Wildman–Crippen MR) is 127 cm³/mol. The molecule has 2 aromatic rings. The molecule has 0 bridgehead atoms. The summed E-state index contributed by atoms with van der Waals surface area (Å²) in [7, 11) is 0. The van der Waals surface area contributed by atoms with Crippen LogP contribution >= 0.6 is 0 Å². The maximum Gasteiger partial charge on any atom is 0.318 e. The van der Waals surface area contributed by atoms with Crippen molar-refractivity contribution in [2.75, 3.05) is 13.2 Å². The Morgan fingerprint density at radius 1 is 1.15 bits per heavy atom. The maximum absolute atomic E-state index is 13.6. The summed E-state index contributed by atoms with van der Waals surface area (Å²) in [6, 6.07) is 10.4. The molecule has 2 aliphatic rings. The molecule has 1 aliphatic carbocycles. The zero-order valence-electron chi connectivity index (χ0n) is 19.9. The molecular formula is C27H35N3O3. The number of rotatable bonds is 8. The van der Waals surface area contributed by atoms with Crippen LogP contribution in [0.25, 0.3) is 10.9 Å². The van der Waals surface area contributed by atoms with E-state index in [1.807, 2.05) is 23.1 Å². The third-order valence-electron chi connectivity index (χ3n) is 7.51. The zero-order chi connectivity index (χ0) is 23.4. The number of nitrogens with zero attached hydrogens (tertiary/aromatic N) is 3. The molecule has 0 radical (unpaired) electrons. The molecule has 176 valence electrons. The number of aromatic nitrogens is 1. The van der Waals surface area contributed by atoms with Crippen molar-refractivity contribution in [2.24, 2.45) is 11.8 Å². The van der Waals surface area contributed by atoms with Gasteiger partial charge in [0.15, 0.2) is 0 Å². The van der Waals surface area contributed by atoms with E-state index < -0.39 is 5.92 Å². The standard InChI is InChI=1S/C27H35N3O3/c1-3-29-23(17-21-12-11-19(18-28)16-24(21)29)14-13-22-10-7-15-30(22)26(31)25(27(32)33-4-2)20-8-5-6-9-20/h11-12,16-17,20,22,25H,3-10,13-15H2,1-2H3. The third kappa shape index (κ3) is 4.78. The van der Waals surface area contributed by atoms with Crippen molar-refractivity contribution in [2.45, 2.75) is 77.8 Å². The van der Waals surface area contributed by atoms with Crippen LogP contribution in [0.3, 0.4) is 0 Å². The summed E-state index contributed by atoms with van der Waals surface area (Å²) in [5.41, 5.74) is 3.00. The molecule has 0 N–H and O–H groups in total. The topological polar surface area (TPSA) is 75.3 Å². The monoisotopic (exact) mass is 449 g/mol. The lowest BCUT2D eigenvalue weighted by Crippen LogP contribution is -2.45.